The second kappa shape index (κ2) is 34.9. The number of terminal acetylenes is 1. The van der Waals surface area contributed by atoms with Gasteiger partial charge in [-0.05, 0) is 375 Å². The predicted molar refractivity (Wildman–Crippen MR) is 394 cm³/mol. The van der Waals surface area contributed by atoms with Gasteiger partial charge in [0.05, 0.1) is 23.4 Å². The van der Waals surface area contributed by atoms with Crippen LogP contribution in [0.2, 0.25) is 0 Å². The van der Waals surface area contributed by atoms with Crippen LogP contribution in [0, 0.1) is 169 Å². The second-order valence-electron chi connectivity index (χ2n) is 34.6. The summed E-state index contributed by atoms with van der Waals surface area (Å²) in [5.74, 6) is 26.7. The maximum Gasteiger partial charge on any atom is 0.305 e. The summed E-state index contributed by atoms with van der Waals surface area (Å²) in [5, 5.41) is 49.6. The SMILES string of the molecule is C.C.C#CC#CC#CC#CC.CC(=O)[C@H]1CC[C@H]2[C@@H]3CC[C@H]4C[C@](C)(O)CC[C@]4(CO)[C@H]3CC[C@]12C.CCCC(=O)OC[C@]12CC[C@@](C)(O)C[C@@H]1CC[C@H]1[C@@H]3CC[C@H](C(C)=O)[C@@]3(C)CC[C@@H]12.CCN=C=O.CC[C@]12CC[C@@](C)(O)C[C@@H]1CC[C@H]1[C@@H]3CC[C@H](C(C)=O)[C@@]3(C)CC[C@@H]12.CO. The molecular formula is C86H137NO11. The van der Waals surface area contributed by atoms with Gasteiger partial charge in [-0.3, -0.25) is 19.2 Å². The number of aliphatic hydroxyl groups is 5. The van der Waals surface area contributed by atoms with Crippen LogP contribution in [0.3, 0.4) is 0 Å². The number of aliphatic imine (C=N–C) groups is 1. The van der Waals surface area contributed by atoms with E-state index in [1.54, 1.807) is 27.7 Å². The highest BCUT2D eigenvalue weighted by Crippen LogP contribution is 2.72. The number of hydrogen-bond donors (Lipinski definition) is 5. The van der Waals surface area contributed by atoms with Crippen LogP contribution in [0.25, 0.3) is 0 Å². The molecular weight excluding hydrogens is 1220 g/mol. The first kappa shape index (κ1) is 84.6. The molecule has 552 valence electrons. The molecule has 0 amide bonds. The van der Waals surface area contributed by atoms with Gasteiger partial charge in [-0.25, -0.2) is 9.79 Å². The number of nitrogens with zero attached hydrogens (tertiary/aromatic N) is 1. The van der Waals surface area contributed by atoms with Crippen LogP contribution >= 0.6 is 0 Å². The van der Waals surface area contributed by atoms with Crippen molar-refractivity contribution in [1.82, 2.24) is 0 Å². The third-order valence-electron chi connectivity index (χ3n) is 30.0. The summed E-state index contributed by atoms with van der Waals surface area (Å²) in [7, 11) is 1.00. The Morgan fingerprint density at radius 2 is 0.837 bits per heavy atom. The van der Waals surface area contributed by atoms with Crippen molar-refractivity contribution < 1.29 is 54.2 Å². The van der Waals surface area contributed by atoms with Crippen LogP contribution in [-0.4, -0.2) is 98.6 Å². The zero-order valence-corrected chi connectivity index (χ0v) is 62.2. The zero-order valence-electron chi connectivity index (χ0n) is 62.2. The molecule has 98 heavy (non-hydrogen) atoms. The normalized spacial score (nSPS) is 43.4. The third-order valence-corrected chi connectivity index (χ3v) is 30.0. The van der Waals surface area contributed by atoms with E-state index in [0.717, 1.165) is 140 Å². The smallest absolute Gasteiger partial charge is 0.305 e. The molecule has 0 heterocycles. The van der Waals surface area contributed by atoms with Gasteiger partial charge in [-0.2, -0.15) is 0 Å². The van der Waals surface area contributed by atoms with E-state index >= 15 is 0 Å². The van der Waals surface area contributed by atoms with Crippen LogP contribution in [0.5, 0.6) is 0 Å². The van der Waals surface area contributed by atoms with Gasteiger partial charge in [-0.1, -0.05) is 55.4 Å². The van der Waals surface area contributed by atoms with E-state index in [1.807, 2.05) is 27.7 Å². The standard InChI is InChI=1S/C26H42O4.C23H38O2.C22H36O3.C9H4.C3H5NO.CH4O.2CH4/c1-5-6-23(28)30-16-26-14-13-24(3,29)15-18(26)7-8-19-21-10-9-20(17(2)27)25(21,4)12-11-22(19)26;1-5-23-13-12-21(3,25)14-16(23)6-7-17-19-9-8-18(15(2)24)22(19,4)11-10-20(17)23;1-14(24)17-6-7-18-16-5-4-15-12-20(2,25)10-11-22(15,13-23)19(16)8-9-21(17,18)3;1-3-5-7-9-8-6-4-2;1-2-4-3-5;1-2;;/h18-22,29H,5-16H2,1-4H3;16-20,25H,5-14H2,1-4H3;15-19,23,25H,4-13H2,1-3H3;1H,2H3;2H2,1H3;2H,1H3;2*1H4/t18-,19-,20+,21-,22-,24+,25+,26+;16-,17-,18+,19-,20-,21+,22+,23-;15-,16-,17+,18-,19-,20+,21+,22+;;;;;/m000...../s1. The van der Waals surface area contributed by atoms with Gasteiger partial charge in [0.25, 0.3) is 0 Å². The lowest BCUT2D eigenvalue weighted by Gasteiger charge is -2.63. The molecule has 12 fully saturated rings. The minimum Gasteiger partial charge on any atom is -0.465 e. The first-order chi connectivity index (χ1) is 45.4. The molecule has 0 aromatic rings. The van der Waals surface area contributed by atoms with Crippen molar-refractivity contribution in [3.63, 3.8) is 0 Å². The van der Waals surface area contributed by atoms with Gasteiger partial charge in [0, 0.05) is 49.9 Å². The number of carbonyl (C=O) groups excluding carboxylic acids is 5. The van der Waals surface area contributed by atoms with Crippen LogP contribution in [-0.2, 0) is 28.7 Å². The number of esters is 1. The van der Waals surface area contributed by atoms with Crippen molar-refractivity contribution in [1.29, 1.82) is 0 Å². The highest BCUT2D eigenvalue weighted by Gasteiger charge is 2.66. The molecule has 0 aromatic heterocycles. The lowest BCUT2D eigenvalue weighted by atomic mass is 9.42. The maximum absolute atomic E-state index is 12.4. The Morgan fingerprint density at radius 3 is 1.18 bits per heavy atom. The summed E-state index contributed by atoms with van der Waals surface area (Å²) < 4.78 is 5.92. The Balaban J connectivity index is 0.000000237. The van der Waals surface area contributed by atoms with Gasteiger partial charge in [-0.15, -0.1) is 6.42 Å². The first-order valence-electron chi connectivity index (χ1n) is 38.2. The van der Waals surface area contributed by atoms with E-state index < -0.39 is 16.8 Å². The molecule has 24 atom stereocenters. The average Bonchev–Trinajstić information content (AvgIpc) is 1.30. The molecule has 12 saturated carbocycles. The molecule has 12 heteroatoms. The average molecular weight is 1360 g/mol. The Hall–Kier alpha value is -4.10. The number of ether oxygens (including phenoxy) is 1. The molecule has 0 radical (unpaired) electrons. The predicted octanol–water partition coefficient (Wildman–Crippen LogP) is 16.5. The Labute approximate surface area is 596 Å². The molecule has 12 nitrogen and oxygen atoms in total. The Kier molecular flexibility index (Phi) is 30.1. The van der Waals surface area contributed by atoms with Gasteiger partial charge >= 0.3 is 5.97 Å². The van der Waals surface area contributed by atoms with Crippen molar-refractivity contribution in [2.75, 3.05) is 26.9 Å². The van der Waals surface area contributed by atoms with E-state index in [-0.39, 0.29) is 66.3 Å². The number of rotatable bonds is 10. The molecule has 0 bridgehead atoms. The number of Topliss-reactive ketones (excluding diaryl/α,β-unsaturated/α-hetero) is 3. The van der Waals surface area contributed by atoms with Gasteiger partial charge in [0.15, 0.2) is 0 Å². The highest BCUT2D eigenvalue weighted by molar-refractivity contribution is 5.80. The van der Waals surface area contributed by atoms with E-state index in [2.05, 4.69) is 81.1 Å². The fourth-order valence-corrected chi connectivity index (χ4v) is 25.8. The minimum atomic E-state index is -0.593. The van der Waals surface area contributed by atoms with Crippen LogP contribution < -0.4 is 0 Å². The van der Waals surface area contributed by atoms with Crippen molar-refractivity contribution in [3.05, 3.63) is 0 Å². The van der Waals surface area contributed by atoms with Crippen molar-refractivity contribution in [2.45, 2.75) is 314 Å². The lowest BCUT2D eigenvalue weighted by molar-refractivity contribution is -0.185. The molecule has 12 rings (SSSR count). The number of carbonyl (C=O) groups is 4. The first-order valence-corrected chi connectivity index (χ1v) is 38.2. The fourth-order valence-electron chi connectivity index (χ4n) is 25.8. The number of aliphatic hydroxyl groups excluding tert-OH is 2. The second-order valence-corrected chi connectivity index (χ2v) is 34.6. The number of fused-ring (bicyclic) bond motifs is 15. The van der Waals surface area contributed by atoms with Crippen molar-refractivity contribution >= 4 is 29.4 Å². The van der Waals surface area contributed by atoms with E-state index in [4.69, 9.17) is 21.1 Å². The minimum absolute atomic E-state index is 0. The molecule has 0 aliphatic heterocycles. The number of hydrogen-bond acceptors (Lipinski definition) is 12. The van der Waals surface area contributed by atoms with Gasteiger partial charge in [0.1, 0.15) is 17.3 Å². The van der Waals surface area contributed by atoms with Crippen molar-refractivity contribution in [2.24, 2.45) is 126 Å². The van der Waals surface area contributed by atoms with Crippen LogP contribution in [0.4, 0.5) is 0 Å². The number of isocyanates is 1. The van der Waals surface area contributed by atoms with Crippen LogP contribution in [0.1, 0.15) is 297 Å². The zero-order chi connectivity index (χ0) is 70.9. The summed E-state index contributed by atoms with van der Waals surface area (Å²) in [6.45, 7) is 27.9. The fraction of sp³-hybridized carbons (Fsp3) is 0.849. The van der Waals surface area contributed by atoms with Crippen LogP contribution in [0.15, 0.2) is 4.99 Å². The topological polar surface area (TPSA) is 208 Å². The van der Waals surface area contributed by atoms with E-state index in [1.165, 1.54) is 83.1 Å². The molecule has 0 unspecified atom stereocenters. The quantitative estimate of drug-likeness (QED) is 0.0602. The molecule has 12 aliphatic carbocycles. The summed E-state index contributed by atoms with van der Waals surface area (Å²) >= 11 is 0. The van der Waals surface area contributed by atoms with Gasteiger partial charge < -0.3 is 30.3 Å². The highest BCUT2D eigenvalue weighted by atomic mass is 16.5. The number of ketones is 3. The summed E-state index contributed by atoms with van der Waals surface area (Å²) in [5.41, 5.74) is -0.443. The summed E-state index contributed by atoms with van der Waals surface area (Å²) in [6.07, 6.45) is 38.7. The largest absolute Gasteiger partial charge is 0.465 e. The van der Waals surface area contributed by atoms with Crippen molar-refractivity contribution in [3.8, 4) is 47.9 Å². The molecule has 5 N–H and O–H groups in total. The maximum atomic E-state index is 12.4. The molecule has 0 saturated heterocycles. The Bertz CT molecular complexity index is 2890. The van der Waals surface area contributed by atoms with E-state index in [9.17, 15) is 39.6 Å². The monoisotopic (exact) mass is 1360 g/mol. The third kappa shape index (κ3) is 17.1. The van der Waals surface area contributed by atoms with Gasteiger partial charge in [0.2, 0.25) is 6.08 Å². The molecule has 12 aliphatic rings. The summed E-state index contributed by atoms with van der Waals surface area (Å²) in [4.78, 5) is 61.4. The molecule has 0 aromatic carbocycles. The lowest BCUT2D eigenvalue weighted by Crippen LogP contribution is -2.58. The van der Waals surface area contributed by atoms with E-state index in [0.29, 0.717) is 95.6 Å². The molecule has 0 spiro atoms. The summed E-state index contributed by atoms with van der Waals surface area (Å²) in [6, 6.07) is 0. The Morgan fingerprint density at radius 1 is 0.480 bits per heavy atom.